The highest BCUT2D eigenvalue weighted by molar-refractivity contribution is 6.03. The van der Waals surface area contributed by atoms with Gasteiger partial charge in [0.05, 0.1) is 17.2 Å². The summed E-state index contributed by atoms with van der Waals surface area (Å²) in [5, 5.41) is 11.6. The average molecular weight is 357 g/mol. The molecule has 0 spiro atoms. The summed E-state index contributed by atoms with van der Waals surface area (Å²) in [6.45, 7) is 4.77. The molecule has 0 unspecified atom stereocenters. The molecule has 6 heteroatoms. The molecule has 2 aromatic carbocycles. The molecule has 0 aliphatic carbocycles. The van der Waals surface area contributed by atoms with E-state index in [1.807, 2.05) is 43.0 Å². The molecule has 0 saturated carbocycles. The van der Waals surface area contributed by atoms with Crippen LogP contribution in [-0.2, 0) is 0 Å². The van der Waals surface area contributed by atoms with Crippen molar-refractivity contribution in [1.82, 2.24) is 9.97 Å². The summed E-state index contributed by atoms with van der Waals surface area (Å²) in [6.07, 6.45) is 3.03. The van der Waals surface area contributed by atoms with Crippen molar-refractivity contribution in [2.24, 2.45) is 0 Å². The minimum atomic E-state index is -0.301. The van der Waals surface area contributed by atoms with Gasteiger partial charge in [-0.2, -0.15) is 5.26 Å². The molecule has 1 N–H and O–H groups in total. The highest BCUT2D eigenvalue weighted by Gasteiger charge is 2.13. The summed E-state index contributed by atoms with van der Waals surface area (Å²) < 4.78 is 0. The maximum atomic E-state index is 12.4. The van der Waals surface area contributed by atoms with Crippen molar-refractivity contribution >= 4 is 23.2 Å². The van der Waals surface area contributed by atoms with Gasteiger partial charge in [-0.1, -0.05) is 12.1 Å². The third-order valence-corrected chi connectivity index (χ3v) is 4.04. The Labute approximate surface area is 158 Å². The number of hydrogen-bond acceptors (Lipinski definition) is 5. The first-order chi connectivity index (χ1) is 13.1. The summed E-state index contributed by atoms with van der Waals surface area (Å²) in [5.74, 6) is 0.239. The molecule has 3 rings (SSSR count). The van der Waals surface area contributed by atoms with Crippen LogP contribution in [0.25, 0.3) is 0 Å². The normalized spacial score (nSPS) is 10.1. The van der Waals surface area contributed by atoms with Crippen LogP contribution < -0.4 is 10.2 Å². The average Bonchev–Trinajstić information content (AvgIpc) is 2.70. The molecule has 1 heterocycles. The topological polar surface area (TPSA) is 81.9 Å². The number of nitrogens with one attached hydrogen (secondary N) is 1. The lowest BCUT2D eigenvalue weighted by molar-refractivity contribution is 0.102. The van der Waals surface area contributed by atoms with Gasteiger partial charge >= 0.3 is 0 Å². The van der Waals surface area contributed by atoms with Gasteiger partial charge in [0.1, 0.15) is 0 Å². The van der Waals surface area contributed by atoms with Gasteiger partial charge < -0.3 is 10.2 Å². The Kier molecular flexibility index (Phi) is 5.43. The van der Waals surface area contributed by atoms with E-state index in [-0.39, 0.29) is 5.91 Å². The van der Waals surface area contributed by atoms with Crippen molar-refractivity contribution in [3.8, 4) is 6.07 Å². The number of anilines is 3. The number of aromatic nitrogens is 2. The summed E-state index contributed by atoms with van der Waals surface area (Å²) in [5.41, 5.74) is 3.68. The largest absolute Gasteiger partial charge is 0.322 e. The van der Waals surface area contributed by atoms with E-state index in [9.17, 15) is 4.79 Å². The molecule has 0 saturated heterocycles. The molecule has 6 nitrogen and oxygen atoms in total. The summed E-state index contributed by atoms with van der Waals surface area (Å²) >= 11 is 0. The fraction of sp³-hybridized carbons (Fsp3) is 0.143. The van der Waals surface area contributed by atoms with Crippen molar-refractivity contribution in [3.05, 3.63) is 77.6 Å². The van der Waals surface area contributed by atoms with Crippen molar-refractivity contribution in [2.75, 3.05) is 16.8 Å². The molecule has 0 radical (unpaired) electrons. The first kappa shape index (κ1) is 18.1. The highest BCUT2D eigenvalue weighted by atomic mass is 16.1. The van der Waals surface area contributed by atoms with Gasteiger partial charge in [-0.25, -0.2) is 9.97 Å². The maximum Gasteiger partial charge on any atom is 0.258 e. The van der Waals surface area contributed by atoms with Crippen LogP contribution in [-0.4, -0.2) is 22.4 Å². The third-order valence-electron chi connectivity index (χ3n) is 4.04. The lowest BCUT2D eigenvalue weighted by atomic mass is 10.2. The van der Waals surface area contributed by atoms with Crippen LogP contribution >= 0.6 is 0 Å². The second-order valence-corrected chi connectivity index (χ2v) is 6.00. The zero-order valence-corrected chi connectivity index (χ0v) is 15.2. The number of benzene rings is 2. The molecule has 0 bridgehead atoms. The molecule has 0 aliphatic heterocycles. The van der Waals surface area contributed by atoms with E-state index in [0.717, 1.165) is 11.3 Å². The number of carbonyl (C=O) groups excluding carboxylic acids is 1. The van der Waals surface area contributed by atoms with Crippen LogP contribution in [0.4, 0.5) is 17.3 Å². The molecule has 0 aliphatic rings. The molecular formula is C21H19N5O. The number of rotatable bonds is 5. The van der Waals surface area contributed by atoms with Crippen LogP contribution in [0.5, 0.6) is 0 Å². The fourth-order valence-corrected chi connectivity index (χ4v) is 2.64. The Morgan fingerprint density at radius 1 is 1.15 bits per heavy atom. The molecule has 0 fully saturated rings. The van der Waals surface area contributed by atoms with E-state index in [2.05, 4.69) is 21.4 Å². The fourth-order valence-electron chi connectivity index (χ4n) is 2.64. The second kappa shape index (κ2) is 8.11. The van der Waals surface area contributed by atoms with Crippen LogP contribution in [0.15, 0.2) is 60.9 Å². The van der Waals surface area contributed by atoms with Gasteiger partial charge in [0, 0.05) is 30.3 Å². The van der Waals surface area contributed by atoms with Gasteiger partial charge in [0.25, 0.3) is 5.91 Å². The first-order valence-corrected chi connectivity index (χ1v) is 8.58. The van der Waals surface area contributed by atoms with Crippen LogP contribution in [0, 0.1) is 18.3 Å². The quantitative estimate of drug-likeness (QED) is 0.744. The van der Waals surface area contributed by atoms with Gasteiger partial charge in [0.2, 0.25) is 5.95 Å². The SMILES string of the molecule is CCN(c1cccc(C)c1)c1ncc(C(=O)Nc2ccc(C#N)cc2)cn1. The maximum absolute atomic E-state index is 12.4. The van der Waals surface area contributed by atoms with E-state index in [4.69, 9.17) is 5.26 Å². The number of aryl methyl sites for hydroxylation is 1. The predicted octanol–water partition coefficient (Wildman–Crippen LogP) is 4.07. The first-order valence-electron chi connectivity index (χ1n) is 8.58. The van der Waals surface area contributed by atoms with Gasteiger partial charge in [-0.15, -0.1) is 0 Å². The van der Waals surface area contributed by atoms with Gasteiger partial charge in [0.15, 0.2) is 0 Å². The molecule has 1 aromatic heterocycles. The minimum Gasteiger partial charge on any atom is -0.322 e. The van der Waals surface area contributed by atoms with Crippen LogP contribution in [0.3, 0.4) is 0 Å². The van der Waals surface area contributed by atoms with E-state index in [0.29, 0.717) is 29.3 Å². The van der Waals surface area contributed by atoms with E-state index in [1.165, 1.54) is 12.4 Å². The van der Waals surface area contributed by atoms with E-state index < -0.39 is 0 Å². The molecule has 134 valence electrons. The van der Waals surface area contributed by atoms with Crippen molar-refractivity contribution in [2.45, 2.75) is 13.8 Å². The second-order valence-electron chi connectivity index (χ2n) is 6.00. The molecule has 27 heavy (non-hydrogen) atoms. The van der Waals surface area contributed by atoms with Crippen molar-refractivity contribution < 1.29 is 4.79 Å². The van der Waals surface area contributed by atoms with Crippen LogP contribution in [0.2, 0.25) is 0 Å². The Morgan fingerprint density at radius 2 is 1.85 bits per heavy atom. The highest BCUT2D eigenvalue weighted by Crippen LogP contribution is 2.22. The summed E-state index contributed by atoms with van der Waals surface area (Å²) in [4.78, 5) is 23.1. The van der Waals surface area contributed by atoms with Gasteiger partial charge in [-0.05, 0) is 55.8 Å². The monoisotopic (exact) mass is 357 g/mol. The Hall–Kier alpha value is -3.72. The molecule has 0 atom stereocenters. The van der Waals surface area contributed by atoms with E-state index in [1.54, 1.807) is 24.3 Å². The lowest BCUT2D eigenvalue weighted by Crippen LogP contribution is -2.20. The Bertz CT molecular complexity index is 975. The number of carbonyl (C=O) groups is 1. The van der Waals surface area contributed by atoms with E-state index >= 15 is 0 Å². The molecular weight excluding hydrogens is 338 g/mol. The predicted molar refractivity (Wildman–Crippen MR) is 105 cm³/mol. The minimum absolute atomic E-state index is 0.301. The smallest absolute Gasteiger partial charge is 0.258 e. The van der Waals surface area contributed by atoms with Crippen molar-refractivity contribution in [3.63, 3.8) is 0 Å². The Balaban J connectivity index is 1.75. The van der Waals surface area contributed by atoms with Gasteiger partial charge in [-0.3, -0.25) is 4.79 Å². The molecule has 3 aromatic rings. The van der Waals surface area contributed by atoms with Crippen molar-refractivity contribution in [1.29, 1.82) is 5.26 Å². The summed E-state index contributed by atoms with van der Waals surface area (Å²) in [7, 11) is 0. The zero-order chi connectivity index (χ0) is 19.2. The number of nitriles is 1. The number of amides is 1. The zero-order valence-electron chi connectivity index (χ0n) is 15.2. The lowest BCUT2D eigenvalue weighted by Gasteiger charge is -2.21. The Morgan fingerprint density at radius 3 is 2.44 bits per heavy atom. The third kappa shape index (κ3) is 4.28. The summed E-state index contributed by atoms with van der Waals surface area (Å²) in [6, 6.07) is 16.8. The molecule has 1 amide bonds. The standard InChI is InChI=1S/C21H19N5O/c1-3-26(19-6-4-5-15(2)11-19)21-23-13-17(14-24-21)20(27)25-18-9-7-16(12-22)8-10-18/h4-11,13-14H,3H2,1-2H3,(H,25,27). The number of nitrogens with zero attached hydrogens (tertiary/aromatic N) is 4. The van der Waals surface area contributed by atoms with Crippen LogP contribution in [0.1, 0.15) is 28.4 Å². The number of hydrogen-bond donors (Lipinski definition) is 1.